The number of rotatable bonds is 6. The zero-order chi connectivity index (χ0) is 22.5. The van der Waals surface area contributed by atoms with E-state index in [-0.39, 0.29) is 22.6 Å². The molecule has 0 heterocycles. The zero-order valence-corrected chi connectivity index (χ0v) is 17.7. The molecule has 2 atom stereocenters. The van der Waals surface area contributed by atoms with Crippen molar-refractivity contribution in [3.8, 4) is 0 Å². The van der Waals surface area contributed by atoms with Gasteiger partial charge in [-0.25, -0.2) is 4.39 Å². The van der Waals surface area contributed by atoms with E-state index in [1.54, 1.807) is 0 Å². The van der Waals surface area contributed by atoms with Gasteiger partial charge in [-0.05, 0) is 48.4 Å². The topological polar surface area (TPSA) is 135 Å². The molecule has 2 amide bonds. The van der Waals surface area contributed by atoms with Crippen molar-refractivity contribution in [3.05, 3.63) is 63.9 Å². The molecule has 8 nitrogen and oxygen atoms in total. The summed E-state index contributed by atoms with van der Waals surface area (Å²) in [6.07, 6.45) is 0.654. The third-order valence-electron chi connectivity index (χ3n) is 5.06. The molecule has 0 spiro atoms. The van der Waals surface area contributed by atoms with Crippen LogP contribution in [-0.2, 0) is 22.6 Å². The van der Waals surface area contributed by atoms with Crippen LogP contribution < -0.4 is 27.4 Å². The highest BCUT2D eigenvalue weighted by atomic mass is 35.5. The molecule has 2 aromatic rings. The van der Waals surface area contributed by atoms with Gasteiger partial charge in [0, 0.05) is 24.7 Å². The molecule has 0 fully saturated rings. The molecule has 0 saturated carbocycles. The second-order valence-electron chi connectivity index (χ2n) is 7.33. The average molecular weight is 447 g/mol. The van der Waals surface area contributed by atoms with Crippen LogP contribution in [0.3, 0.4) is 0 Å². The Kier molecular flexibility index (Phi) is 7.09. The number of carbonyl (C=O) groups is 2. The maximum Gasteiger partial charge on any atom is 0.313 e. The van der Waals surface area contributed by atoms with Gasteiger partial charge in [-0.2, -0.15) is 0 Å². The molecule has 31 heavy (non-hydrogen) atoms. The summed E-state index contributed by atoms with van der Waals surface area (Å²) in [4.78, 5) is 29.1. The van der Waals surface area contributed by atoms with Crippen molar-refractivity contribution in [2.24, 2.45) is 22.4 Å². The maximum absolute atomic E-state index is 13.6. The molecule has 164 valence electrons. The minimum Gasteiger partial charge on any atom is -0.370 e. The van der Waals surface area contributed by atoms with Crippen molar-refractivity contribution in [1.82, 2.24) is 10.6 Å². The van der Waals surface area contributed by atoms with Gasteiger partial charge >= 0.3 is 11.8 Å². The first-order valence-electron chi connectivity index (χ1n) is 9.67. The summed E-state index contributed by atoms with van der Waals surface area (Å²) in [5, 5.41) is 8.17. The van der Waals surface area contributed by atoms with Crippen LogP contribution in [0, 0.1) is 11.7 Å². The quantitative estimate of drug-likeness (QED) is 0.260. The monoisotopic (exact) mass is 446 g/mol. The fourth-order valence-corrected chi connectivity index (χ4v) is 3.76. The van der Waals surface area contributed by atoms with E-state index in [0.29, 0.717) is 19.5 Å². The summed E-state index contributed by atoms with van der Waals surface area (Å²) in [5.74, 6) is -2.62. The van der Waals surface area contributed by atoms with Gasteiger partial charge in [0.25, 0.3) is 0 Å². The van der Waals surface area contributed by atoms with E-state index in [1.807, 2.05) is 25.2 Å². The normalized spacial score (nSPS) is 17.0. The molecule has 0 unspecified atom stereocenters. The third-order valence-corrected chi connectivity index (χ3v) is 5.36. The predicted molar refractivity (Wildman–Crippen MR) is 118 cm³/mol. The highest BCUT2D eigenvalue weighted by Crippen LogP contribution is 2.37. The van der Waals surface area contributed by atoms with E-state index in [0.717, 1.165) is 22.8 Å². The second-order valence-corrected chi connectivity index (χ2v) is 7.73. The van der Waals surface area contributed by atoms with Crippen LogP contribution in [0.25, 0.3) is 0 Å². The number of fused-ring (bicyclic) bond motifs is 1. The Hall–Kier alpha value is -3.17. The van der Waals surface area contributed by atoms with Crippen LogP contribution in [-0.4, -0.2) is 31.4 Å². The highest BCUT2D eigenvalue weighted by molar-refractivity contribution is 6.39. The highest BCUT2D eigenvalue weighted by Gasteiger charge is 2.35. The largest absolute Gasteiger partial charge is 0.370 e. The second kappa shape index (κ2) is 9.76. The van der Waals surface area contributed by atoms with Crippen molar-refractivity contribution >= 4 is 35.1 Å². The van der Waals surface area contributed by atoms with E-state index < -0.39 is 23.7 Å². The number of hydrogen-bond donors (Lipinski definition) is 5. The number of amides is 2. The van der Waals surface area contributed by atoms with Crippen LogP contribution in [0.5, 0.6) is 0 Å². The van der Waals surface area contributed by atoms with Crippen LogP contribution in [0.15, 0.2) is 41.4 Å². The molecule has 0 saturated heterocycles. The molecule has 1 aliphatic rings. The van der Waals surface area contributed by atoms with E-state index in [1.165, 1.54) is 12.1 Å². The number of guanidine groups is 1. The lowest BCUT2D eigenvalue weighted by Gasteiger charge is -2.21. The SMILES string of the molecule is CNCc1ccc2c(c1)[C@@H](NC(=O)C(=O)Nc1ccc(Cl)c(F)c1)[C@H](CN=C(N)N)C2. The zero-order valence-electron chi connectivity index (χ0n) is 16.9. The summed E-state index contributed by atoms with van der Waals surface area (Å²) >= 11 is 5.64. The fraction of sp³-hybridized carbons (Fsp3) is 0.286. The molecule has 3 rings (SSSR count). The van der Waals surface area contributed by atoms with E-state index in [4.69, 9.17) is 23.1 Å². The average Bonchev–Trinajstić information content (AvgIpc) is 3.06. The number of hydrogen-bond acceptors (Lipinski definition) is 4. The van der Waals surface area contributed by atoms with Gasteiger partial charge in [0.05, 0.1) is 11.1 Å². The summed E-state index contributed by atoms with van der Waals surface area (Å²) in [5.41, 5.74) is 14.1. The Morgan fingerprint density at radius 1 is 1.19 bits per heavy atom. The van der Waals surface area contributed by atoms with Gasteiger partial charge in [0.15, 0.2) is 5.96 Å². The lowest BCUT2D eigenvalue weighted by atomic mass is 9.99. The molecule has 1 aliphatic carbocycles. The molecular formula is C21H24ClFN6O2. The molecule has 10 heteroatoms. The summed E-state index contributed by atoms with van der Waals surface area (Å²) in [6.45, 7) is 0.961. The van der Waals surface area contributed by atoms with Crippen molar-refractivity contribution in [3.63, 3.8) is 0 Å². The van der Waals surface area contributed by atoms with Crippen LogP contribution in [0.1, 0.15) is 22.7 Å². The number of halogens is 2. The predicted octanol–water partition coefficient (Wildman–Crippen LogP) is 1.44. The Morgan fingerprint density at radius 3 is 2.65 bits per heavy atom. The van der Waals surface area contributed by atoms with E-state index in [2.05, 4.69) is 20.9 Å². The van der Waals surface area contributed by atoms with Gasteiger partial charge in [-0.1, -0.05) is 29.8 Å². The molecule has 2 aromatic carbocycles. The van der Waals surface area contributed by atoms with Crippen molar-refractivity contribution in [1.29, 1.82) is 0 Å². The Labute approximate surface area is 184 Å². The van der Waals surface area contributed by atoms with Crippen LogP contribution >= 0.6 is 11.6 Å². The Morgan fingerprint density at radius 2 is 1.97 bits per heavy atom. The number of nitrogens with zero attached hydrogens (tertiary/aromatic N) is 1. The third kappa shape index (κ3) is 5.50. The summed E-state index contributed by atoms with van der Waals surface area (Å²) in [7, 11) is 1.85. The minimum atomic E-state index is -0.915. The summed E-state index contributed by atoms with van der Waals surface area (Å²) in [6, 6.07) is 9.32. The molecule has 0 radical (unpaired) electrons. The lowest BCUT2D eigenvalue weighted by molar-refractivity contribution is -0.136. The summed E-state index contributed by atoms with van der Waals surface area (Å²) < 4.78 is 13.6. The Balaban J connectivity index is 1.79. The van der Waals surface area contributed by atoms with Crippen molar-refractivity contribution < 1.29 is 14.0 Å². The van der Waals surface area contributed by atoms with Gasteiger partial charge < -0.3 is 27.4 Å². The van der Waals surface area contributed by atoms with Gasteiger partial charge in [-0.15, -0.1) is 0 Å². The maximum atomic E-state index is 13.6. The molecular weight excluding hydrogens is 423 g/mol. The smallest absolute Gasteiger partial charge is 0.313 e. The number of anilines is 1. The standard InChI is InChI=1S/C21H24ClFN6O2/c1-26-9-11-2-3-12-7-13(10-27-21(24)25)18(15(12)6-11)29-20(31)19(30)28-14-4-5-16(22)17(23)8-14/h2-6,8,13,18,26H,7,9-10H2,1H3,(H,28,30)(H,29,31)(H4,24,25,27)/t13-,18-/m0/s1. The number of benzene rings is 2. The number of carbonyl (C=O) groups excluding carboxylic acids is 2. The number of aliphatic imine (C=N–C) groups is 1. The molecule has 0 aromatic heterocycles. The lowest BCUT2D eigenvalue weighted by Crippen LogP contribution is -2.40. The van der Waals surface area contributed by atoms with Crippen LogP contribution in [0.4, 0.5) is 10.1 Å². The first-order valence-corrected chi connectivity index (χ1v) is 10.0. The fourth-order valence-electron chi connectivity index (χ4n) is 3.64. The first kappa shape index (κ1) is 22.5. The van der Waals surface area contributed by atoms with Crippen molar-refractivity contribution in [2.75, 3.05) is 18.9 Å². The molecule has 0 aliphatic heterocycles. The first-order chi connectivity index (χ1) is 14.8. The van der Waals surface area contributed by atoms with Gasteiger partial charge in [0.2, 0.25) is 0 Å². The van der Waals surface area contributed by atoms with Gasteiger partial charge in [-0.3, -0.25) is 14.6 Å². The van der Waals surface area contributed by atoms with Crippen LogP contribution in [0.2, 0.25) is 5.02 Å². The van der Waals surface area contributed by atoms with Crippen molar-refractivity contribution in [2.45, 2.75) is 19.0 Å². The molecule has 0 bridgehead atoms. The number of nitrogens with one attached hydrogen (secondary N) is 3. The molecule has 7 N–H and O–H groups in total. The van der Waals surface area contributed by atoms with E-state index in [9.17, 15) is 14.0 Å². The van der Waals surface area contributed by atoms with Gasteiger partial charge in [0.1, 0.15) is 5.82 Å². The Bertz CT molecular complexity index is 1020. The number of nitrogens with two attached hydrogens (primary N) is 2. The minimum absolute atomic E-state index is 0.0422. The van der Waals surface area contributed by atoms with E-state index >= 15 is 0 Å².